The van der Waals surface area contributed by atoms with Crippen LogP contribution in [0.25, 0.3) is 0 Å². The van der Waals surface area contributed by atoms with Gasteiger partial charge in [0.2, 0.25) is 10.0 Å². The van der Waals surface area contributed by atoms with Gasteiger partial charge in [-0.3, -0.25) is 5.43 Å². The molecule has 8 heteroatoms. The number of primary sulfonamides is 1. The number of amides is 2. The van der Waals surface area contributed by atoms with E-state index in [0.29, 0.717) is 13.0 Å². The number of sulfonamides is 1. The van der Waals surface area contributed by atoms with E-state index in [-0.39, 0.29) is 4.90 Å². The second-order valence-corrected chi connectivity index (χ2v) is 4.90. The van der Waals surface area contributed by atoms with Gasteiger partial charge in [0.15, 0.2) is 0 Å². The Balaban J connectivity index is 2.55. The normalized spacial score (nSPS) is 10.9. The van der Waals surface area contributed by atoms with Crippen LogP contribution in [-0.2, 0) is 16.4 Å². The fourth-order valence-corrected chi connectivity index (χ4v) is 1.73. The van der Waals surface area contributed by atoms with Gasteiger partial charge in [0, 0.05) is 6.54 Å². The van der Waals surface area contributed by atoms with Crippen molar-refractivity contribution in [3.63, 3.8) is 0 Å². The Hall–Kier alpha value is -1.64. The van der Waals surface area contributed by atoms with Crippen LogP contribution in [-0.4, -0.2) is 21.0 Å². The van der Waals surface area contributed by atoms with Crippen LogP contribution in [0.1, 0.15) is 5.56 Å². The summed E-state index contributed by atoms with van der Waals surface area (Å²) in [5, 5.41) is 7.47. The molecule has 0 fully saturated rings. The maximum absolute atomic E-state index is 11.0. The third-order valence-corrected chi connectivity index (χ3v) is 3.01. The van der Waals surface area contributed by atoms with E-state index in [9.17, 15) is 13.2 Å². The lowest BCUT2D eigenvalue weighted by Gasteiger charge is -2.05. The van der Waals surface area contributed by atoms with Gasteiger partial charge in [-0.1, -0.05) is 12.1 Å². The molecule has 0 unspecified atom stereocenters. The summed E-state index contributed by atoms with van der Waals surface area (Å²) in [7, 11) is -3.65. The van der Waals surface area contributed by atoms with Gasteiger partial charge in [-0.2, -0.15) is 0 Å². The number of hydrazine groups is 1. The van der Waals surface area contributed by atoms with E-state index in [1.165, 1.54) is 12.1 Å². The van der Waals surface area contributed by atoms with E-state index in [1.807, 2.05) is 5.43 Å². The lowest BCUT2D eigenvalue weighted by atomic mass is 10.1. The average Bonchev–Trinajstić information content (AvgIpc) is 2.28. The van der Waals surface area contributed by atoms with Crippen molar-refractivity contribution < 1.29 is 13.2 Å². The van der Waals surface area contributed by atoms with Crippen LogP contribution >= 0.6 is 0 Å². The number of urea groups is 1. The van der Waals surface area contributed by atoms with Crippen LogP contribution in [0.5, 0.6) is 0 Å². The molecule has 7 nitrogen and oxygen atoms in total. The number of carbonyl (C=O) groups is 1. The molecular weight excluding hydrogens is 244 g/mol. The topological polar surface area (TPSA) is 127 Å². The fourth-order valence-electron chi connectivity index (χ4n) is 1.22. The van der Waals surface area contributed by atoms with Crippen molar-refractivity contribution >= 4 is 16.1 Å². The van der Waals surface area contributed by atoms with Crippen molar-refractivity contribution in [3.8, 4) is 0 Å². The Kier molecular flexibility index (Phi) is 4.44. The summed E-state index contributed by atoms with van der Waals surface area (Å²) in [6.45, 7) is 0.401. The highest BCUT2D eigenvalue weighted by atomic mass is 32.2. The predicted molar refractivity (Wildman–Crippen MR) is 62.2 cm³/mol. The molecule has 0 bridgehead atoms. The summed E-state index contributed by atoms with van der Waals surface area (Å²) in [4.78, 5) is 10.8. The molecule has 6 N–H and O–H groups in total. The number of nitrogens with one attached hydrogen (secondary N) is 2. The molecule has 0 aliphatic rings. The molecular formula is C9H14N4O3S. The minimum absolute atomic E-state index is 0.0638. The van der Waals surface area contributed by atoms with E-state index >= 15 is 0 Å². The second-order valence-electron chi connectivity index (χ2n) is 3.34. The highest BCUT2D eigenvalue weighted by Gasteiger charge is 2.06. The maximum atomic E-state index is 11.0. The van der Waals surface area contributed by atoms with Crippen molar-refractivity contribution in [1.82, 2.24) is 10.7 Å². The first kappa shape index (κ1) is 13.4. The molecule has 94 valence electrons. The first-order chi connectivity index (χ1) is 7.93. The van der Waals surface area contributed by atoms with Gasteiger partial charge in [0.25, 0.3) is 0 Å². The van der Waals surface area contributed by atoms with Gasteiger partial charge in [-0.15, -0.1) is 0 Å². The Morgan fingerprint density at radius 1 is 1.24 bits per heavy atom. The Bertz CT molecular complexity index is 483. The van der Waals surface area contributed by atoms with Crippen molar-refractivity contribution in [3.05, 3.63) is 29.8 Å². The fraction of sp³-hybridized carbons (Fsp3) is 0.222. The van der Waals surface area contributed by atoms with Crippen LogP contribution < -0.4 is 21.7 Å². The molecule has 1 aromatic carbocycles. The van der Waals surface area contributed by atoms with Crippen LogP contribution in [0.3, 0.4) is 0 Å². The minimum Gasteiger partial charge on any atom is -0.337 e. The molecule has 0 radical (unpaired) electrons. The van der Waals surface area contributed by atoms with E-state index in [0.717, 1.165) is 5.56 Å². The first-order valence-corrected chi connectivity index (χ1v) is 6.34. The number of benzene rings is 1. The van der Waals surface area contributed by atoms with Crippen molar-refractivity contribution in [2.75, 3.05) is 6.54 Å². The Morgan fingerprint density at radius 3 is 2.29 bits per heavy atom. The van der Waals surface area contributed by atoms with Crippen molar-refractivity contribution in [1.29, 1.82) is 0 Å². The zero-order chi connectivity index (χ0) is 12.9. The van der Waals surface area contributed by atoms with Gasteiger partial charge in [0.05, 0.1) is 4.90 Å². The van der Waals surface area contributed by atoms with Crippen molar-refractivity contribution in [2.24, 2.45) is 11.0 Å². The standard InChI is InChI=1S/C9H14N4O3S/c10-13-9(14)12-6-5-7-1-3-8(4-2-7)17(11,15)16/h1-4H,5-6,10H2,(H2,11,15,16)(H2,12,13,14). The zero-order valence-corrected chi connectivity index (χ0v) is 9.83. The highest BCUT2D eigenvalue weighted by molar-refractivity contribution is 7.89. The Labute approximate surface area is 99.2 Å². The summed E-state index contributed by atoms with van der Waals surface area (Å²) >= 11 is 0. The molecule has 17 heavy (non-hydrogen) atoms. The molecule has 0 aliphatic heterocycles. The lowest BCUT2D eigenvalue weighted by Crippen LogP contribution is -2.40. The summed E-state index contributed by atoms with van der Waals surface area (Å²) in [5.41, 5.74) is 2.82. The van der Waals surface area contributed by atoms with E-state index in [4.69, 9.17) is 11.0 Å². The molecule has 0 saturated heterocycles. The minimum atomic E-state index is -3.65. The van der Waals surface area contributed by atoms with E-state index in [2.05, 4.69) is 5.32 Å². The summed E-state index contributed by atoms with van der Waals surface area (Å²) in [6.07, 6.45) is 0.568. The third-order valence-electron chi connectivity index (χ3n) is 2.08. The van der Waals surface area contributed by atoms with Crippen LogP contribution in [0.2, 0.25) is 0 Å². The average molecular weight is 258 g/mol. The SMILES string of the molecule is NNC(=O)NCCc1ccc(S(N)(=O)=O)cc1. The number of rotatable bonds is 4. The lowest BCUT2D eigenvalue weighted by molar-refractivity contribution is 0.241. The zero-order valence-electron chi connectivity index (χ0n) is 9.01. The molecule has 0 saturated carbocycles. The third kappa shape index (κ3) is 4.39. The highest BCUT2D eigenvalue weighted by Crippen LogP contribution is 2.08. The summed E-state index contributed by atoms with van der Waals surface area (Å²) in [5.74, 6) is 4.88. The van der Waals surface area contributed by atoms with Gasteiger partial charge < -0.3 is 5.32 Å². The summed E-state index contributed by atoms with van der Waals surface area (Å²) in [6, 6.07) is 5.66. The Morgan fingerprint density at radius 2 is 1.82 bits per heavy atom. The molecule has 1 rings (SSSR count). The number of carbonyl (C=O) groups excluding carboxylic acids is 1. The maximum Gasteiger partial charge on any atom is 0.328 e. The quantitative estimate of drug-likeness (QED) is 0.315. The second kappa shape index (κ2) is 5.62. The number of hydrogen-bond donors (Lipinski definition) is 4. The van der Waals surface area contributed by atoms with E-state index in [1.54, 1.807) is 12.1 Å². The first-order valence-electron chi connectivity index (χ1n) is 4.79. The monoisotopic (exact) mass is 258 g/mol. The van der Waals surface area contributed by atoms with E-state index < -0.39 is 16.1 Å². The molecule has 2 amide bonds. The molecule has 0 spiro atoms. The molecule has 1 aromatic rings. The molecule has 0 heterocycles. The van der Waals surface area contributed by atoms with Gasteiger partial charge >= 0.3 is 6.03 Å². The van der Waals surface area contributed by atoms with Gasteiger partial charge in [-0.05, 0) is 24.1 Å². The van der Waals surface area contributed by atoms with Gasteiger partial charge in [0.1, 0.15) is 0 Å². The predicted octanol–water partition coefficient (Wildman–Crippen LogP) is -0.951. The molecule has 0 aliphatic carbocycles. The van der Waals surface area contributed by atoms with Gasteiger partial charge in [-0.25, -0.2) is 24.2 Å². The number of nitrogens with two attached hydrogens (primary N) is 2. The molecule has 0 aromatic heterocycles. The van der Waals surface area contributed by atoms with Crippen LogP contribution in [0, 0.1) is 0 Å². The van der Waals surface area contributed by atoms with Crippen LogP contribution in [0.4, 0.5) is 4.79 Å². The van der Waals surface area contributed by atoms with Crippen molar-refractivity contribution in [2.45, 2.75) is 11.3 Å². The number of hydrogen-bond acceptors (Lipinski definition) is 4. The largest absolute Gasteiger partial charge is 0.337 e. The smallest absolute Gasteiger partial charge is 0.328 e. The van der Waals surface area contributed by atoms with Crippen LogP contribution in [0.15, 0.2) is 29.2 Å². The molecule has 0 atom stereocenters. The summed E-state index contributed by atoms with van der Waals surface area (Å²) < 4.78 is 22.0.